The molecule has 0 bridgehead atoms. The first kappa shape index (κ1) is 22.5. The van der Waals surface area contributed by atoms with Crippen molar-refractivity contribution in [3.05, 3.63) is 70.1 Å². The van der Waals surface area contributed by atoms with Crippen molar-refractivity contribution in [2.45, 2.75) is 52.0 Å². The molecule has 7 heteroatoms. The minimum Gasteiger partial charge on any atom is -0.300 e. The van der Waals surface area contributed by atoms with Gasteiger partial charge in [0.1, 0.15) is 6.04 Å². The van der Waals surface area contributed by atoms with E-state index in [0.29, 0.717) is 22.7 Å². The smallest absolute Gasteiger partial charge is 0.262 e. The highest BCUT2D eigenvalue weighted by Gasteiger charge is 2.44. The molecule has 3 amide bonds. The van der Waals surface area contributed by atoms with E-state index in [2.05, 4.69) is 28.5 Å². The van der Waals surface area contributed by atoms with Crippen LogP contribution in [0.4, 0.5) is 5.13 Å². The summed E-state index contributed by atoms with van der Waals surface area (Å²) in [5.74, 6) is -1.44. The number of benzene rings is 2. The zero-order chi connectivity index (χ0) is 23.8. The van der Waals surface area contributed by atoms with Gasteiger partial charge in [-0.2, -0.15) is 0 Å². The normalized spacial score (nSPS) is 16.7. The van der Waals surface area contributed by atoms with Crippen molar-refractivity contribution < 1.29 is 14.4 Å². The molecule has 34 heavy (non-hydrogen) atoms. The monoisotopic (exact) mass is 473 g/mol. The van der Waals surface area contributed by atoms with Crippen molar-refractivity contribution in [3.8, 4) is 11.3 Å². The van der Waals surface area contributed by atoms with E-state index in [-0.39, 0.29) is 5.92 Å². The first-order valence-corrected chi connectivity index (χ1v) is 12.7. The number of aromatic nitrogens is 1. The summed E-state index contributed by atoms with van der Waals surface area (Å²) in [6, 6.07) is 12.3. The molecule has 6 nitrogen and oxygen atoms in total. The maximum absolute atomic E-state index is 13.4. The van der Waals surface area contributed by atoms with Crippen molar-refractivity contribution in [2.75, 3.05) is 5.32 Å². The van der Waals surface area contributed by atoms with Crippen LogP contribution in [0.2, 0.25) is 0 Å². The van der Waals surface area contributed by atoms with Crippen molar-refractivity contribution in [3.63, 3.8) is 0 Å². The molecule has 1 N–H and O–H groups in total. The van der Waals surface area contributed by atoms with Crippen LogP contribution in [0.25, 0.3) is 11.3 Å². The van der Waals surface area contributed by atoms with Gasteiger partial charge in [0.2, 0.25) is 5.91 Å². The van der Waals surface area contributed by atoms with Crippen LogP contribution in [-0.2, 0) is 17.6 Å². The third-order valence-corrected chi connectivity index (χ3v) is 7.69. The molecule has 0 spiro atoms. The molecule has 2 aliphatic rings. The van der Waals surface area contributed by atoms with E-state index in [0.717, 1.165) is 29.0 Å². The Balaban J connectivity index is 1.38. The standard InChI is InChI=1S/C27H27N3O3S/c1-3-16(2)23(30-25(32)20-10-6-7-11-21(20)26(30)33)24(31)29-27-28-22(15-34-27)19-13-12-17-8-4-5-9-18(17)14-19/h6-7,10-16,23H,3-5,8-9H2,1-2H3,(H,28,29,31). The van der Waals surface area contributed by atoms with E-state index in [4.69, 9.17) is 0 Å². The minimum absolute atomic E-state index is 0.206. The van der Waals surface area contributed by atoms with Gasteiger partial charge in [-0.3, -0.25) is 19.3 Å². The Morgan fingerprint density at radius 3 is 2.41 bits per heavy atom. The number of nitrogens with one attached hydrogen (secondary N) is 1. The lowest BCUT2D eigenvalue weighted by Crippen LogP contribution is -2.50. The third-order valence-electron chi connectivity index (χ3n) is 6.93. The predicted molar refractivity (Wildman–Crippen MR) is 133 cm³/mol. The highest BCUT2D eigenvalue weighted by atomic mass is 32.1. The SMILES string of the molecule is CCC(C)C(C(=O)Nc1nc(-c2ccc3c(c2)CCCC3)cs1)N1C(=O)c2ccccc2C1=O. The summed E-state index contributed by atoms with van der Waals surface area (Å²) in [5.41, 5.74) is 5.33. The zero-order valence-corrected chi connectivity index (χ0v) is 20.2. The van der Waals surface area contributed by atoms with Gasteiger partial charge in [0.15, 0.2) is 5.13 Å². The van der Waals surface area contributed by atoms with Gasteiger partial charge in [0, 0.05) is 10.9 Å². The molecule has 3 aromatic rings. The van der Waals surface area contributed by atoms with Gasteiger partial charge in [0.25, 0.3) is 11.8 Å². The molecule has 0 fully saturated rings. The molecular weight excluding hydrogens is 446 g/mol. The molecule has 1 aromatic heterocycles. The van der Waals surface area contributed by atoms with E-state index in [1.165, 1.54) is 35.3 Å². The summed E-state index contributed by atoms with van der Waals surface area (Å²) in [7, 11) is 0. The number of nitrogens with zero attached hydrogens (tertiary/aromatic N) is 2. The Labute approximate surface area is 203 Å². The van der Waals surface area contributed by atoms with Gasteiger partial charge in [-0.05, 0) is 60.9 Å². The Bertz CT molecular complexity index is 1250. The van der Waals surface area contributed by atoms with Gasteiger partial charge in [0.05, 0.1) is 16.8 Å². The highest BCUT2D eigenvalue weighted by molar-refractivity contribution is 7.14. The number of fused-ring (bicyclic) bond motifs is 2. The maximum Gasteiger partial charge on any atom is 0.262 e. The second-order valence-electron chi connectivity index (χ2n) is 9.07. The van der Waals surface area contributed by atoms with Gasteiger partial charge in [-0.25, -0.2) is 4.98 Å². The molecule has 2 aromatic carbocycles. The summed E-state index contributed by atoms with van der Waals surface area (Å²) >= 11 is 1.35. The first-order valence-electron chi connectivity index (χ1n) is 11.8. The van der Waals surface area contributed by atoms with Gasteiger partial charge >= 0.3 is 0 Å². The first-order chi connectivity index (χ1) is 16.5. The van der Waals surface area contributed by atoms with Crippen molar-refractivity contribution in [2.24, 2.45) is 5.92 Å². The van der Waals surface area contributed by atoms with Crippen LogP contribution in [0.15, 0.2) is 47.8 Å². The molecule has 0 radical (unpaired) electrons. The number of anilines is 1. The molecule has 174 valence electrons. The zero-order valence-electron chi connectivity index (χ0n) is 19.3. The summed E-state index contributed by atoms with van der Waals surface area (Å²) in [4.78, 5) is 45.2. The van der Waals surface area contributed by atoms with Crippen LogP contribution in [0.3, 0.4) is 0 Å². The molecule has 0 saturated heterocycles. The molecule has 1 aliphatic carbocycles. The van der Waals surface area contributed by atoms with Crippen LogP contribution >= 0.6 is 11.3 Å². The lowest BCUT2D eigenvalue weighted by molar-refractivity contribution is -0.121. The van der Waals surface area contributed by atoms with E-state index in [1.807, 2.05) is 19.2 Å². The summed E-state index contributed by atoms with van der Waals surface area (Å²) in [6.45, 7) is 3.83. The second kappa shape index (κ2) is 9.14. The molecule has 2 atom stereocenters. The lowest BCUT2D eigenvalue weighted by atomic mass is 9.90. The number of carbonyl (C=O) groups excluding carboxylic acids is 3. The molecule has 2 heterocycles. The summed E-state index contributed by atoms with van der Waals surface area (Å²) in [6.07, 6.45) is 5.31. The van der Waals surface area contributed by atoms with E-state index < -0.39 is 23.8 Å². The largest absolute Gasteiger partial charge is 0.300 e. The molecule has 1 aliphatic heterocycles. The number of hydrogen-bond donors (Lipinski definition) is 1. The van der Waals surface area contributed by atoms with Crippen LogP contribution in [0.1, 0.15) is 65.0 Å². The number of amides is 3. The van der Waals surface area contributed by atoms with Crippen molar-refractivity contribution in [1.29, 1.82) is 0 Å². The summed E-state index contributed by atoms with van der Waals surface area (Å²) in [5, 5.41) is 5.27. The predicted octanol–water partition coefficient (Wildman–Crippen LogP) is 5.34. The van der Waals surface area contributed by atoms with Crippen molar-refractivity contribution >= 4 is 34.2 Å². The fraction of sp³-hybridized carbons (Fsp3) is 0.333. The van der Waals surface area contributed by atoms with Gasteiger partial charge in [-0.15, -0.1) is 11.3 Å². The van der Waals surface area contributed by atoms with E-state index >= 15 is 0 Å². The third kappa shape index (κ3) is 3.94. The average molecular weight is 474 g/mol. The van der Waals surface area contributed by atoms with E-state index in [1.54, 1.807) is 24.3 Å². The number of carbonyl (C=O) groups is 3. The van der Waals surface area contributed by atoms with Crippen LogP contribution in [-0.4, -0.2) is 33.6 Å². The Morgan fingerprint density at radius 1 is 1.06 bits per heavy atom. The topological polar surface area (TPSA) is 79.4 Å². The van der Waals surface area contributed by atoms with Crippen LogP contribution in [0.5, 0.6) is 0 Å². The van der Waals surface area contributed by atoms with Gasteiger partial charge < -0.3 is 5.32 Å². The average Bonchev–Trinajstić information content (AvgIpc) is 3.42. The number of rotatable bonds is 6. The second-order valence-corrected chi connectivity index (χ2v) is 9.93. The molecule has 2 unspecified atom stereocenters. The number of hydrogen-bond acceptors (Lipinski definition) is 5. The van der Waals surface area contributed by atoms with Crippen LogP contribution < -0.4 is 5.32 Å². The molecule has 5 rings (SSSR count). The Hall–Kier alpha value is -3.32. The molecule has 0 saturated carbocycles. The van der Waals surface area contributed by atoms with Crippen molar-refractivity contribution in [1.82, 2.24) is 9.88 Å². The number of thiazole rings is 1. The quantitative estimate of drug-likeness (QED) is 0.490. The van der Waals surface area contributed by atoms with E-state index in [9.17, 15) is 14.4 Å². The maximum atomic E-state index is 13.4. The fourth-order valence-electron chi connectivity index (χ4n) is 4.85. The fourth-order valence-corrected chi connectivity index (χ4v) is 5.57. The Morgan fingerprint density at radius 2 is 1.74 bits per heavy atom. The molecular formula is C27H27N3O3S. The summed E-state index contributed by atoms with van der Waals surface area (Å²) < 4.78 is 0. The van der Waals surface area contributed by atoms with Crippen LogP contribution in [0, 0.1) is 5.92 Å². The Kier molecular flexibility index (Phi) is 6.04. The number of aryl methyl sites for hydroxylation is 2. The minimum atomic E-state index is -0.909. The van der Waals surface area contributed by atoms with Gasteiger partial charge in [-0.1, -0.05) is 44.5 Å². The highest BCUT2D eigenvalue weighted by Crippen LogP contribution is 2.32. The lowest BCUT2D eigenvalue weighted by Gasteiger charge is -2.29. The number of imide groups is 1.